The van der Waals surface area contributed by atoms with Crippen molar-refractivity contribution in [1.82, 2.24) is 0 Å². The Morgan fingerprint density at radius 3 is 2.86 bits per heavy atom. The number of rotatable bonds is 2. The third-order valence-corrected chi connectivity index (χ3v) is 2.53. The second-order valence-corrected chi connectivity index (χ2v) is 3.51. The van der Waals surface area contributed by atoms with Crippen molar-refractivity contribution < 1.29 is 13.9 Å². The number of hydrogen-bond acceptors (Lipinski definition) is 1. The third-order valence-electron chi connectivity index (χ3n) is 2.53. The minimum Gasteiger partial charge on any atom is -0.516 e. The van der Waals surface area contributed by atoms with Crippen LogP contribution in [0, 0.1) is 17.6 Å². The van der Waals surface area contributed by atoms with Crippen LogP contribution in [0.2, 0.25) is 0 Å². The van der Waals surface area contributed by atoms with Crippen molar-refractivity contribution in [3.05, 3.63) is 47.7 Å². The Labute approximate surface area is 80.7 Å². The summed E-state index contributed by atoms with van der Waals surface area (Å²) in [5, 5.41) is 8.52. The molecule has 1 aliphatic rings. The van der Waals surface area contributed by atoms with Crippen LogP contribution in [0.1, 0.15) is 17.9 Å². The number of aliphatic hydroxyl groups is 1. The highest BCUT2D eigenvalue weighted by molar-refractivity contribution is 5.30. The number of allylic oxidation sites excluding steroid dienone is 1. The lowest BCUT2D eigenvalue weighted by Crippen LogP contribution is -1.90. The predicted molar refractivity (Wildman–Crippen MR) is 49.0 cm³/mol. The Bertz CT molecular complexity index is 374. The van der Waals surface area contributed by atoms with Crippen LogP contribution >= 0.6 is 0 Å². The number of halogens is 2. The quantitative estimate of drug-likeness (QED) is 0.720. The highest BCUT2D eigenvalue weighted by Crippen LogP contribution is 2.49. The van der Waals surface area contributed by atoms with Crippen LogP contribution in [0.3, 0.4) is 0 Å². The Balaban J connectivity index is 2.22. The van der Waals surface area contributed by atoms with Gasteiger partial charge in [-0.3, -0.25) is 0 Å². The van der Waals surface area contributed by atoms with Crippen molar-refractivity contribution in [3.63, 3.8) is 0 Å². The first-order valence-corrected chi connectivity index (χ1v) is 4.48. The van der Waals surface area contributed by atoms with Crippen molar-refractivity contribution in [2.45, 2.75) is 12.3 Å². The van der Waals surface area contributed by atoms with Crippen molar-refractivity contribution in [2.24, 2.45) is 5.92 Å². The zero-order chi connectivity index (χ0) is 10.1. The Kier molecular flexibility index (Phi) is 2.23. The monoisotopic (exact) mass is 196 g/mol. The van der Waals surface area contributed by atoms with Crippen molar-refractivity contribution >= 4 is 0 Å². The van der Waals surface area contributed by atoms with Crippen LogP contribution in [0.5, 0.6) is 0 Å². The molecule has 74 valence electrons. The lowest BCUT2D eigenvalue weighted by molar-refractivity contribution is 0.469. The first-order chi connectivity index (χ1) is 6.72. The molecule has 0 bridgehead atoms. The van der Waals surface area contributed by atoms with Gasteiger partial charge in [-0.15, -0.1) is 0 Å². The molecule has 1 fully saturated rings. The molecule has 0 aromatic heterocycles. The predicted octanol–water partition coefficient (Wildman–Crippen LogP) is 3.14. The molecule has 0 aliphatic heterocycles. The fourth-order valence-electron chi connectivity index (χ4n) is 1.69. The molecule has 1 saturated carbocycles. The van der Waals surface area contributed by atoms with Crippen molar-refractivity contribution in [2.75, 3.05) is 0 Å². The third kappa shape index (κ3) is 1.62. The van der Waals surface area contributed by atoms with Crippen LogP contribution < -0.4 is 0 Å². The first kappa shape index (κ1) is 9.19. The van der Waals surface area contributed by atoms with Crippen LogP contribution in [-0.4, -0.2) is 5.11 Å². The summed E-state index contributed by atoms with van der Waals surface area (Å²) in [5.74, 6) is -0.615. The average molecular weight is 196 g/mol. The summed E-state index contributed by atoms with van der Waals surface area (Å²) < 4.78 is 26.0. The standard InChI is InChI=1S/C11H10F2O/c12-8-1-2-11(13)10(6-8)9-5-7(9)3-4-14/h1-4,6-7,9,14H,5H2/b4-3+/t7?,9-/m0/s1. The van der Waals surface area contributed by atoms with E-state index in [1.165, 1.54) is 6.07 Å². The Morgan fingerprint density at radius 1 is 1.36 bits per heavy atom. The zero-order valence-electron chi connectivity index (χ0n) is 7.45. The summed E-state index contributed by atoms with van der Waals surface area (Å²) in [4.78, 5) is 0. The van der Waals surface area contributed by atoms with Crippen molar-refractivity contribution in [3.8, 4) is 0 Å². The molecule has 0 amide bonds. The summed E-state index contributed by atoms with van der Waals surface area (Å²) >= 11 is 0. The first-order valence-electron chi connectivity index (χ1n) is 4.48. The van der Waals surface area contributed by atoms with Gasteiger partial charge in [-0.2, -0.15) is 0 Å². The van der Waals surface area contributed by atoms with Gasteiger partial charge in [-0.1, -0.05) is 0 Å². The number of benzene rings is 1. The fraction of sp³-hybridized carbons (Fsp3) is 0.273. The zero-order valence-corrected chi connectivity index (χ0v) is 7.45. The van der Waals surface area contributed by atoms with Gasteiger partial charge in [-0.25, -0.2) is 8.78 Å². The van der Waals surface area contributed by atoms with Gasteiger partial charge in [0.15, 0.2) is 0 Å². The van der Waals surface area contributed by atoms with E-state index in [0.29, 0.717) is 5.56 Å². The van der Waals surface area contributed by atoms with Gasteiger partial charge in [0.25, 0.3) is 0 Å². The number of aliphatic hydroxyl groups excluding tert-OH is 1. The van der Waals surface area contributed by atoms with Gasteiger partial charge in [-0.05, 0) is 48.1 Å². The van der Waals surface area contributed by atoms with E-state index >= 15 is 0 Å². The summed E-state index contributed by atoms with van der Waals surface area (Å²) in [5.41, 5.74) is 0.410. The van der Waals surface area contributed by atoms with E-state index in [1.807, 2.05) is 0 Å². The van der Waals surface area contributed by atoms with Crippen molar-refractivity contribution in [1.29, 1.82) is 0 Å². The summed E-state index contributed by atoms with van der Waals surface area (Å²) in [6.45, 7) is 0. The second kappa shape index (κ2) is 3.40. The molecule has 0 heterocycles. The Morgan fingerprint density at radius 2 is 2.14 bits per heavy atom. The minimum absolute atomic E-state index is 0.0223. The molecule has 1 aromatic carbocycles. The maximum atomic E-state index is 13.2. The lowest BCUT2D eigenvalue weighted by Gasteiger charge is -2.00. The van der Waals surface area contributed by atoms with E-state index in [0.717, 1.165) is 24.8 Å². The normalized spacial score (nSPS) is 25.6. The summed E-state index contributed by atoms with van der Waals surface area (Å²) in [7, 11) is 0. The molecule has 3 heteroatoms. The topological polar surface area (TPSA) is 20.2 Å². The molecule has 1 N–H and O–H groups in total. The van der Waals surface area contributed by atoms with Gasteiger partial charge >= 0.3 is 0 Å². The van der Waals surface area contributed by atoms with E-state index in [4.69, 9.17) is 5.11 Å². The van der Waals surface area contributed by atoms with Crippen LogP contribution in [-0.2, 0) is 0 Å². The molecule has 1 unspecified atom stereocenters. The molecule has 0 saturated heterocycles. The number of hydrogen-bond donors (Lipinski definition) is 1. The van der Waals surface area contributed by atoms with Crippen LogP contribution in [0.4, 0.5) is 8.78 Å². The van der Waals surface area contributed by atoms with E-state index < -0.39 is 5.82 Å². The molecule has 2 rings (SSSR count). The maximum Gasteiger partial charge on any atom is 0.126 e. The molecule has 2 atom stereocenters. The molecule has 1 aliphatic carbocycles. The molecule has 0 radical (unpaired) electrons. The molecule has 1 aromatic rings. The smallest absolute Gasteiger partial charge is 0.126 e. The largest absolute Gasteiger partial charge is 0.516 e. The fourth-order valence-corrected chi connectivity index (χ4v) is 1.69. The van der Waals surface area contributed by atoms with E-state index in [2.05, 4.69) is 0 Å². The minimum atomic E-state index is -0.417. The molecule has 1 nitrogen and oxygen atoms in total. The maximum absolute atomic E-state index is 13.2. The second-order valence-electron chi connectivity index (χ2n) is 3.51. The molecular formula is C11H10F2O. The van der Waals surface area contributed by atoms with Gasteiger partial charge in [0.05, 0.1) is 6.26 Å². The SMILES string of the molecule is O/C=C/C1C[C@@H]1c1cc(F)ccc1F. The van der Waals surface area contributed by atoms with Crippen LogP contribution in [0.15, 0.2) is 30.5 Å². The Hall–Kier alpha value is -1.38. The molecule has 14 heavy (non-hydrogen) atoms. The average Bonchev–Trinajstić information content (AvgIpc) is 2.89. The van der Waals surface area contributed by atoms with Gasteiger partial charge < -0.3 is 5.11 Å². The highest BCUT2D eigenvalue weighted by atomic mass is 19.1. The van der Waals surface area contributed by atoms with Gasteiger partial charge in [0, 0.05) is 0 Å². The van der Waals surface area contributed by atoms with E-state index in [9.17, 15) is 8.78 Å². The van der Waals surface area contributed by atoms with E-state index in [-0.39, 0.29) is 17.7 Å². The van der Waals surface area contributed by atoms with Crippen LogP contribution in [0.25, 0.3) is 0 Å². The van der Waals surface area contributed by atoms with Gasteiger partial charge in [0.1, 0.15) is 11.6 Å². The lowest BCUT2D eigenvalue weighted by atomic mass is 10.1. The summed E-state index contributed by atoms with van der Waals surface area (Å²) in [6.07, 6.45) is 3.34. The summed E-state index contributed by atoms with van der Waals surface area (Å²) in [6, 6.07) is 3.48. The highest BCUT2D eigenvalue weighted by Gasteiger charge is 2.38. The molecular weight excluding hydrogens is 186 g/mol. The van der Waals surface area contributed by atoms with E-state index in [1.54, 1.807) is 6.08 Å². The van der Waals surface area contributed by atoms with Gasteiger partial charge in [0.2, 0.25) is 0 Å². The molecule has 0 spiro atoms.